The summed E-state index contributed by atoms with van der Waals surface area (Å²) in [5, 5.41) is 3.78. The average molecular weight is 442 g/mol. The van der Waals surface area contributed by atoms with Crippen molar-refractivity contribution in [1.29, 1.82) is 0 Å². The largest absolute Gasteiger partial charge is 0.495 e. The van der Waals surface area contributed by atoms with Gasteiger partial charge in [0.25, 0.3) is 5.91 Å². The van der Waals surface area contributed by atoms with Gasteiger partial charge in [0.2, 0.25) is 0 Å². The van der Waals surface area contributed by atoms with E-state index in [0.29, 0.717) is 39.3 Å². The van der Waals surface area contributed by atoms with Crippen molar-refractivity contribution in [2.45, 2.75) is 6.92 Å². The number of rotatable bonds is 5. The highest BCUT2D eigenvalue weighted by molar-refractivity contribution is 9.10. The molecule has 5 nitrogen and oxygen atoms in total. The van der Waals surface area contributed by atoms with Gasteiger partial charge in [-0.1, -0.05) is 22.9 Å². The van der Waals surface area contributed by atoms with Crippen LogP contribution in [0.1, 0.15) is 17.3 Å². The standard InChI is InChI=1S/C17H14BrClN2O3S/c1-3-24-13-5-4-9(6-10(13)18)16(22)21-17-20-12-7-11(19)14(23-2)8-15(12)25-17/h4-8H,3H2,1-2H3,(H,20,21,22). The second-order valence-electron chi connectivity index (χ2n) is 5.01. The Hall–Kier alpha value is -1.83. The number of nitrogens with one attached hydrogen (secondary N) is 1. The first-order valence-corrected chi connectivity index (χ1v) is 9.38. The van der Waals surface area contributed by atoms with Gasteiger partial charge in [0, 0.05) is 11.6 Å². The number of carbonyl (C=O) groups excluding carboxylic acids is 1. The smallest absolute Gasteiger partial charge is 0.257 e. The number of hydrogen-bond donors (Lipinski definition) is 1. The highest BCUT2D eigenvalue weighted by Gasteiger charge is 2.13. The Balaban J connectivity index is 1.83. The van der Waals surface area contributed by atoms with E-state index < -0.39 is 0 Å². The van der Waals surface area contributed by atoms with Crippen molar-refractivity contribution in [1.82, 2.24) is 4.98 Å². The van der Waals surface area contributed by atoms with E-state index in [1.54, 1.807) is 37.4 Å². The van der Waals surface area contributed by atoms with Crippen LogP contribution in [-0.4, -0.2) is 24.6 Å². The van der Waals surface area contributed by atoms with Crippen LogP contribution in [0.15, 0.2) is 34.8 Å². The minimum absolute atomic E-state index is 0.249. The van der Waals surface area contributed by atoms with Gasteiger partial charge in [-0.2, -0.15) is 0 Å². The lowest BCUT2D eigenvalue weighted by molar-refractivity contribution is 0.102. The summed E-state index contributed by atoms with van der Waals surface area (Å²) in [5.74, 6) is 1.02. The van der Waals surface area contributed by atoms with E-state index >= 15 is 0 Å². The van der Waals surface area contributed by atoms with Gasteiger partial charge in [0.1, 0.15) is 11.5 Å². The van der Waals surface area contributed by atoms with Crippen LogP contribution in [0.25, 0.3) is 10.2 Å². The third-order valence-corrected chi connectivity index (χ3v) is 5.23. The summed E-state index contributed by atoms with van der Waals surface area (Å²) < 4.78 is 12.3. The highest BCUT2D eigenvalue weighted by atomic mass is 79.9. The van der Waals surface area contributed by atoms with Gasteiger partial charge in [-0.05, 0) is 47.1 Å². The third-order valence-electron chi connectivity index (χ3n) is 3.38. The van der Waals surface area contributed by atoms with E-state index in [2.05, 4.69) is 26.2 Å². The van der Waals surface area contributed by atoms with E-state index in [1.165, 1.54) is 11.3 Å². The predicted octanol–water partition coefficient (Wildman–Crippen LogP) is 5.37. The average Bonchev–Trinajstić information content (AvgIpc) is 2.96. The molecule has 0 aliphatic carbocycles. The number of amides is 1. The van der Waals surface area contributed by atoms with Gasteiger partial charge >= 0.3 is 0 Å². The molecule has 0 atom stereocenters. The lowest BCUT2D eigenvalue weighted by Gasteiger charge is -2.07. The molecule has 0 fully saturated rings. The van der Waals surface area contributed by atoms with Crippen LogP contribution >= 0.6 is 38.9 Å². The number of fused-ring (bicyclic) bond motifs is 1. The lowest BCUT2D eigenvalue weighted by atomic mass is 10.2. The molecule has 3 aromatic rings. The van der Waals surface area contributed by atoms with Gasteiger partial charge in [-0.25, -0.2) is 4.98 Å². The molecule has 0 saturated heterocycles. The number of hydrogen-bond acceptors (Lipinski definition) is 5. The molecule has 1 amide bonds. The predicted molar refractivity (Wildman–Crippen MR) is 104 cm³/mol. The summed E-state index contributed by atoms with van der Waals surface area (Å²) in [7, 11) is 1.56. The highest BCUT2D eigenvalue weighted by Crippen LogP contribution is 2.34. The summed E-state index contributed by atoms with van der Waals surface area (Å²) in [4.78, 5) is 16.8. The fourth-order valence-corrected chi connectivity index (χ4v) is 3.82. The first kappa shape index (κ1) is 18.0. The van der Waals surface area contributed by atoms with Crippen molar-refractivity contribution in [3.63, 3.8) is 0 Å². The molecule has 0 aliphatic rings. The molecule has 0 unspecified atom stereocenters. The van der Waals surface area contributed by atoms with Crippen molar-refractivity contribution < 1.29 is 14.3 Å². The number of thiazole rings is 1. The number of nitrogens with zero attached hydrogens (tertiary/aromatic N) is 1. The van der Waals surface area contributed by atoms with Gasteiger partial charge in [-0.3, -0.25) is 10.1 Å². The van der Waals surface area contributed by atoms with E-state index in [9.17, 15) is 4.79 Å². The SMILES string of the molecule is CCOc1ccc(C(=O)Nc2nc3cc(Cl)c(OC)cc3s2)cc1Br. The maximum Gasteiger partial charge on any atom is 0.257 e. The Labute approximate surface area is 162 Å². The van der Waals surface area contributed by atoms with Crippen molar-refractivity contribution in [3.05, 3.63) is 45.4 Å². The Bertz CT molecular complexity index is 945. The maximum atomic E-state index is 12.4. The van der Waals surface area contributed by atoms with Crippen LogP contribution in [0, 0.1) is 0 Å². The fourth-order valence-electron chi connectivity index (χ4n) is 2.22. The molecule has 0 spiro atoms. The molecule has 2 aromatic carbocycles. The molecule has 1 heterocycles. The van der Waals surface area contributed by atoms with Gasteiger partial charge in [-0.15, -0.1) is 0 Å². The molecule has 0 aliphatic heterocycles. The topological polar surface area (TPSA) is 60.5 Å². The molecule has 0 saturated carbocycles. The van der Waals surface area contributed by atoms with E-state index in [4.69, 9.17) is 21.1 Å². The van der Waals surface area contributed by atoms with Crippen molar-refractivity contribution in [2.75, 3.05) is 19.0 Å². The summed E-state index contributed by atoms with van der Waals surface area (Å²) in [5.41, 5.74) is 1.21. The third kappa shape index (κ3) is 3.89. The van der Waals surface area contributed by atoms with E-state index in [1.807, 2.05) is 6.92 Å². The lowest BCUT2D eigenvalue weighted by Crippen LogP contribution is -2.11. The quantitative estimate of drug-likeness (QED) is 0.578. The first-order valence-electron chi connectivity index (χ1n) is 7.39. The van der Waals surface area contributed by atoms with Crippen LogP contribution in [0.3, 0.4) is 0 Å². The minimum atomic E-state index is -0.249. The molecule has 1 aromatic heterocycles. The number of benzene rings is 2. The van der Waals surface area contributed by atoms with Crippen LogP contribution in [-0.2, 0) is 0 Å². The van der Waals surface area contributed by atoms with Crippen LogP contribution in [0.4, 0.5) is 5.13 Å². The molecule has 0 bridgehead atoms. The number of methoxy groups -OCH3 is 1. The Kier molecular flexibility index (Phi) is 5.46. The van der Waals surface area contributed by atoms with E-state index in [-0.39, 0.29) is 5.91 Å². The molecular formula is C17H14BrClN2O3S. The van der Waals surface area contributed by atoms with Crippen LogP contribution in [0.5, 0.6) is 11.5 Å². The normalized spacial score (nSPS) is 10.7. The molecule has 3 rings (SSSR count). The molecule has 25 heavy (non-hydrogen) atoms. The van der Waals surface area contributed by atoms with Gasteiger partial charge < -0.3 is 9.47 Å². The Morgan fingerprint density at radius 3 is 2.80 bits per heavy atom. The number of anilines is 1. The summed E-state index contributed by atoms with van der Waals surface area (Å²) in [6, 6.07) is 8.70. The zero-order chi connectivity index (χ0) is 18.0. The van der Waals surface area contributed by atoms with E-state index in [0.717, 1.165) is 9.17 Å². The minimum Gasteiger partial charge on any atom is -0.495 e. The Morgan fingerprint density at radius 1 is 1.32 bits per heavy atom. The molecule has 8 heteroatoms. The molecule has 0 radical (unpaired) electrons. The van der Waals surface area contributed by atoms with Gasteiger partial charge in [0.05, 0.1) is 33.4 Å². The first-order chi connectivity index (χ1) is 12.0. The number of carbonyl (C=O) groups is 1. The Morgan fingerprint density at radius 2 is 2.12 bits per heavy atom. The summed E-state index contributed by atoms with van der Waals surface area (Å²) in [6.45, 7) is 2.46. The van der Waals surface area contributed by atoms with Crippen molar-refractivity contribution in [2.24, 2.45) is 0 Å². The maximum absolute atomic E-state index is 12.4. The second kappa shape index (κ2) is 7.59. The zero-order valence-electron chi connectivity index (χ0n) is 13.4. The monoisotopic (exact) mass is 440 g/mol. The number of ether oxygens (including phenoxy) is 2. The molecule has 130 valence electrons. The van der Waals surface area contributed by atoms with Crippen molar-refractivity contribution >= 4 is 60.1 Å². The van der Waals surface area contributed by atoms with Crippen molar-refractivity contribution in [3.8, 4) is 11.5 Å². The molecule has 1 N–H and O–H groups in total. The summed E-state index contributed by atoms with van der Waals surface area (Å²) in [6.07, 6.45) is 0. The fraction of sp³-hybridized carbons (Fsp3) is 0.176. The number of halogens is 2. The summed E-state index contributed by atoms with van der Waals surface area (Å²) >= 11 is 10.9. The van der Waals surface area contributed by atoms with Gasteiger partial charge in [0.15, 0.2) is 5.13 Å². The zero-order valence-corrected chi connectivity index (χ0v) is 16.6. The van der Waals surface area contributed by atoms with Crippen LogP contribution in [0.2, 0.25) is 5.02 Å². The second-order valence-corrected chi connectivity index (χ2v) is 7.30. The molecular weight excluding hydrogens is 428 g/mol. The van der Waals surface area contributed by atoms with Crippen LogP contribution < -0.4 is 14.8 Å². The number of aromatic nitrogens is 1.